The van der Waals surface area contributed by atoms with E-state index in [9.17, 15) is 9.59 Å². The van der Waals surface area contributed by atoms with E-state index >= 15 is 0 Å². The summed E-state index contributed by atoms with van der Waals surface area (Å²) in [5, 5.41) is 0. The van der Waals surface area contributed by atoms with Crippen molar-refractivity contribution in [2.24, 2.45) is 5.92 Å². The SMILES string of the molecule is C=C(C)C(=O)OC(C)(C)C(=O)C(C)CCC. The van der Waals surface area contributed by atoms with E-state index in [-0.39, 0.29) is 11.7 Å². The second-order valence-corrected chi connectivity index (χ2v) is 4.73. The molecule has 3 nitrogen and oxygen atoms in total. The van der Waals surface area contributed by atoms with Gasteiger partial charge in [0.05, 0.1) is 0 Å². The predicted molar refractivity (Wildman–Crippen MR) is 64.1 cm³/mol. The largest absolute Gasteiger partial charge is 0.448 e. The highest BCUT2D eigenvalue weighted by Gasteiger charge is 2.34. The third kappa shape index (κ3) is 4.17. The van der Waals surface area contributed by atoms with E-state index in [1.54, 1.807) is 20.8 Å². The van der Waals surface area contributed by atoms with Crippen LogP contribution in [-0.4, -0.2) is 17.4 Å². The van der Waals surface area contributed by atoms with Crippen LogP contribution in [0.1, 0.15) is 47.5 Å². The second-order valence-electron chi connectivity index (χ2n) is 4.73. The minimum Gasteiger partial charge on any atom is -0.448 e. The third-order valence-electron chi connectivity index (χ3n) is 2.46. The lowest BCUT2D eigenvalue weighted by Crippen LogP contribution is -2.40. The smallest absolute Gasteiger partial charge is 0.334 e. The molecule has 16 heavy (non-hydrogen) atoms. The Kier molecular flexibility index (Phi) is 5.42. The van der Waals surface area contributed by atoms with Gasteiger partial charge in [-0.15, -0.1) is 0 Å². The summed E-state index contributed by atoms with van der Waals surface area (Å²) in [6.45, 7) is 12.2. The van der Waals surface area contributed by atoms with Crippen LogP contribution in [0.15, 0.2) is 12.2 Å². The zero-order chi connectivity index (χ0) is 12.9. The molecule has 0 aromatic carbocycles. The summed E-state index contributed by atoms with van der Waals surface area (Å²) in [6.07, 6.45) is 1.75. The molecule has 1 atom stereocenters. The van der Waals surface area contributed by atoms with Gasteiger partial charge in [-0.1, -0.05) is 26.8 Å². The van der Waals surface area contributed by atoms with E-state index < -0.39 is 11.6 Å². The molecule has 0 rings (SSSR count). The summed E-state index contributed by atoms with van der Waals surface area (Å²) in [7, 11) is 0. The molecule has 0 heterocycles. The van der Waals surface area contributed by atoms with Crippen molar-refractivity contribution in [2.45, 2.75) is 53.1 Å². The number of hydrogen-bond donors (Lipinski definition) is 0. The second kappa shape index (κ2) is 5.83. The standard InChI is InChI=1S/C13H22O3/c1-7-8-10(4)11(14)13(5,6)16-12(15)9(2)3/h10H,2,7-8H2,1,3-6H3. The number of ether oxygens (including phenoxy) is 1. The Morgan fingerprint density at radius 2 is 1.88 bits per heavy atom. The summed E-state index contributed by atoms with van der Waals surface area (Å²) >= 11 is 0. The van der Waals surface area contributed by atoms with Gasteiger partial charge in [0.25, 0.3) is 0 Å². The average Bonchev–Trinajstić information content (AvgIpc) is 2.16. The zero-order valence-corrected chi connectivity index (χ0v) is 10.9. The quantitative estimate of drug-likeness (QED) is 0.516. The summed E-state index contributed by atoms with van der Waals surface area (Å²) in [6, 6.07) is 0. The van der Waals surface area contributed by atoms with Crippen molar-refractivity contribution in [3.63, 3.8) is 0 Å². The first kappa shape index (κ1) is 14.9. The van der Waals surface area contributed by atoms with Gasteiger partial charge >= 0.3 is 5.97 Å². The van der Waals surface area contributed by atoms with Gasteiger partial charge in [-0.05, 0) is 27.2 Å². The minimum atomic E-state index is -1.06. The van der Waals surface area contributed by atoms with E-state index in [1.807, 2.05) is 13.8 Å². The van der Waals surface area contributed by atoms with Gasteiger partial charge in [-0.3, -0.25) is 4.79 Å². The first-order chi connectivity index (χ1) is 7.22. The van der Waals surface area contributed by atoms with Crippen LogP contribution in [0, 0.1) is 5.92 Å². The average molecular weight is 226 g/mol. The Labute approximate surface area is 97.9 Å². The number of carbonyl (C=O) groups is 2. The highest BCUT2D eigenvalue weighted by atomic mass is 16.6. The molecule has 0 bridgehead atoms. The molecule has 0 aromatic rings. The number of ketones is 1. The van der Waals surface area contributed by atoms with Crippen molar-refractivity contribution in [2.75, 3.05) is 0 Å². The van der Waals surface area contributed by atoms with Crippen LogP contribution in [0.4, 0.5) is 0 Å². The van der Waals surface area contributed by atoms with E-state index in [1.165, 1.54) is 0 Å². The fraction of sp³-hybridized carbons (Fsp3) is 0.692. The molecule has 0 aliphatic rings. The van der Waals surface area contributed by atoms with E-state index in [0.717, 1.165) is 12.8 Å². The number of hydrogen-bond acceptors (Lipinski definition) is 3. The molecule has 92 valence electrons. The van der Waals surface area contributed by atoms with E-state index in [0.29, 0.717) is 5.57 Å². The van der Waals surface area contributed by atoms with Crippen LogP contribution in [0.2, 0.25) is 0 Å². The third-order valence-corrected chi connectivity index (χ3v) is 2.46. The van der Waals surface area contributed by atoms with Gasteiger partial charge < -0.3 is 4.74 Å². The lowest BCUT2D eigenvalue weighted by molar-refractivity contribution is -0.162. The monoisotopic (exact) mass is 226 g/mol. The zero-order valence-electron chi connectivity index (χ0n) is 10.9. The molecule has 0 aliphatic heterocycles. The Bertz CT molecular complexity index is 290. The Hall–Kier alpha value is -1.12. The van der Waals surface area contributed by atoms with Crippen LogP contribution in [0.25, 0.3) is 0 Å². The summed E-state index contributed by atoms with van der Waals surface area (Å²) in [5.41, 5.74) is -0.756. The molecule has 0 fully saturated rings. The topological polar surface area (TPSA) is 43.4 Å². The van der Waals surface area contributed by atoms with Crippen LogP contribution in [0.5, 0.6) is 0 Å². The maximum absolute atomic E-state index is 12.0. The van der Waals surface area contributed by atoms with Gasteiger partial charge in [0, 0.05) is 11.5 Å². The summed E-state index contributed by atoms with van der Waals surface area (Å²) < 4.78 is 5.14. The molecule has 0 aliphatic carbocycles. The molecule has 0 spiro atoms. The number of carbonyl (C=O) groups excluding carboxylic acids is 2. The van der Waals surface area contributed by atoms with Gasteiger partial charge in [-0.25, -0.2) is 4.79 Å². The Morgan fingerprint density at radius 3 is 2.25 bits per heavy atom. The molecule has 1 unspecified atom stereocenters. The predicted octanol–water partition coefficient (Wildman–Crippen LogP) is 2.89. The highest BCUT2D eigenvalue weighted by molar-refractivity contribution is 5.94. The van der Waals surface area contributed by atoms with Gasteiger partial charge in [0.1, 0.15) is 0 Å². The fourth-order valence-electron chi connectivity index (χ4n) is 1.53. The summed E-state index contributed by atoms with van der Waals surface area (Å²) in [5.74, 6) is -0.635. The summed E-state index contributed by atoms with van der Waals surface area (Å²) in [4.78, 5) is 23.4. The van der Waals surface area contributed by atoms with Crippen LogP contribution in [0.3, 0.4) is 0 Å². The van der Waals surface area contributed by atoms with Gasteiger partial charge in [0.2, 0.25) is 0 Å². The van der Waals surface area contributed by atoms with Crippen LogP contribution < -0.4 is 0 Å². The van der Waals surface area contributed by atoms with Crippen molar-refractivity contribution in [1.82, 2.24) is 0 Å². The molecule has 0 saturated carbocycles. The lowest BCUT2D eigenvalue weighted by Gasteiger charge is -2.26. The normalized spacial score (nSPS) is 13.1. The van der Waals surface area contributed by atoms with E-state index in [4.69, 9.17) is 4.74 Å². The van der Waals surface area contributed by atoms with Crippen molar-refractivity contribution >= 4 is 11.8 Å². The number of rotatable bonds is 6. The number of Topliss-reactive ketones (excluding diaryl/α,β-unsaturated/α-hetero) is 1. The first-order valence-corrected chi connectivity index (χ1v) is 5.65. The molecule has 0 saturated heterocycles. The fourth-order valence-corrected chi connectivity index (χ4v) is 1.53. The maximum atomic E-state index is 12.0. The lowest BCUT2D eigenvalue weighted by atomic mass is 9.90. The molecule has 0 N–H and O–H groups in total. The molecule has 3 heteroatoms. The molecular formula is C13H22O3. The van der Waals surface area contributed by atoms with Crippen molar-refractivity contribution < 1.29 is 14.3 Å². The van der Waals surface area contributed by atoms with Crippen molar-refractivity contribution in [3.05, 3.63) is 12.2 Å². The Morgan fingerprint density at radius 1 is 1.38 bits per heavy atom. The van der Waals surface area contributed by atoms with Crippen LogP contribution >= 0.6 is 0 Å². The van der Waals surface area contributed by atoms with Crippen LogP contribution in [-0.2, 0) is 14.3 Å². The van der Waals surface area contributed by atoms with Gasteiger partial charge in [0.15, 0.2) is 11.4 Å². The molecular weight excluding hydrogens is 204 g/mol. The minimum absolute atomic E-state index is 0.0380. The highest BCUT2D eigenvalue weighted by Crippen LogP contribution is 2.20. The van der Waals surface area contributed by atoms with E-state index in [2.05, 4.69) is 6.58 Å². The molecule has 0 radical (unpaired) electrons. The van der Waals surface area contributed by atoms with Gasteiger partial charge in [-0.2, -0.15) is 0 Å². The maximum Gasteiger partial charge on any atom is 0.334 e. The Balaban J connectivity index is 4.59. The van der Waals surface area contributed by atoms with Crippen molar-refractivity contribution in [3.8, 4) is 0 Å². The number of esters is 1. The van der Waals surface area contributed by atoms with Crippen molar-refractivity contribution in [1.29, 1.82) is 0 Å². The molecule has 0 aromatic heterocycles. The molecule has 0 amide bonds. The first-order valence-electron chi connectivity index (χ1n) is 5.65.